The lowest BCUT2D eigenvalue weighted by molar-refractivity contribution is 0.732. The second-order valence-corrected chi connectivity index (χ2v) is 3.41. The standard InChI is InChI=1S/C12H18.2C2H6/c1-4-10(3)12-8-6-7-11(5-2)9-12;2*1-2/h6-10H,4-5H2,1-3H3;2*1-2H3. The number of aryl methyl sites for hydroxylation is 1. The van der Waals surface area contributed by atoms with Crippen molar-refractivity contribution in [3.05, 3.63) is 35.4 Å². The fourth-order valence-corrected chi connectivity index (χ4v) is 1.36. The van der Waals surface area contributed by atoms with Gasteiger partial charge >= 0.3 is 0 Å². The second-order valence-electron chi connectivity index (χ2n) is 3.41. The lowest BCUT2D eigenvalue weighted by Crippen LogP contribution is -1.92. The van der Waals surface area contributed by atoms with Crippen LogP contribution in [0.25, 0.3) is 0 Å². The van der Waals surface area contributed by atoms with E-state index in [4.69, 9.17) is 0 Å². The predicted octanol–water partition coefficient (Wildman–Crippen LogP) is 5.81. The van der Waals surface area contributed by atoms with E-state index in [9.17, 15) is 0 Å². The van der Waals surface area contributed by atoms with Gasteiger partial charge in [-0.05, 0) is 29.9 Å². The topological polar surface area (TPSA) is 0 Å². The van der Waals surface area contributed by atoms with Crippen LogP contribution in [0.2, 0.25) is 0 Å². The van der Waals surface area contributed by atoms with Gasteiger partial charge in [0, 0.05) is 0 Å². The first kappa shape index (κ1) is 17.6. The molecule has 0 saturated heterocycles. The minimum Gasteiger partial charge on any atom is -0.0683 e. The average Bonchev–Trinajstić information content (AvgIpc) is 2.42. The van der Waals surface area contributed by atoms with Crippen LogP contribution in [0.5, 0.6) is 0 Å². The summed E-state index contributed by atoms with van der Waals surface area (Å²) in [5, 5.41) is 0. The molecule has 0 heterocycles. The van der Waals surface area contributed by atoms with Crippen molar-refractivity contribution < 1.29 is 0 Å². The summed E-state index contributed by atoms with van der Waals surface area (Å²) in [5.41, 5.74) is 2.93. The first-order chi connectivity index (χ1) is 7.77. The molecule has 0 fully saturated rings. The van der Waals surface area contributed by atoms with Crippen molar-refractivity contribution in [1.82, 2.24) is 0 Å². The van der Waals surface area contributed by atoms with Crippen molar-refractivity contribution >= 4 is 0 Å². The number of hydrogen-bond acceptors (Lipinski definition) is 0. The van der Waals surface area contributed by atoms with Crippen LogP contribution < -0.4 is 0 Å². The highest BCUT2D eigenvalue weighted by molar-refractivity contribution is 5.25. The van der Waals surface area contributed by atoms with Crippen molar-refractivity contribution in [1.29, 1.82) is 0 Å². The van der Waals surface area contributed by atoms with E-state index in [1.54, 1.807) is 0 Å². The molecule has 0 radical (unpaired) electrons. The zero-order chi connectivity index (χ0) is 13.0. The monoisotopic (exact) mass is 222 g/mol. The molecule has 0 aliphatic carbocycles. The maximum Gasteiger partial charge on any atom is -0.0193 e. The molecule has 0 aliphatic rings. The molecule has 0 N–H and O–H groups in total. The fourth-order valence-electron chi connectivity index (χ4n) is 1.36. The number of rotatable bonds is 3. The van der Waals surface area contributed by atoms with Gasteiger partial charge < -0.3 is 0 Å². The normalized spacial score (nSPS) is 10.4. The van der Waals surface area contributed by atoms with Crippen LogP contribution in [-0.4, -0.2) is 0 Å². The zero-order valence-electron chi connectivity index (χ0n) is 12.3. The third-order valence-corrected chi connectivity index (χ3v) is 2.54. The smallest absolute Gasteiger partial charge is 0.0193 e. The lowest BCUT2D eigenvalue weighted by Gasteiger charge is -2.09. The molecule has 1 aromatic carbocycles. The number of benzene rings is 1. The first-order valence-electron chi connectivity index (χ1n) is 6.86. The molecule has 0 spiro atoms. The Morgan fingerprint density at radius 2 is 1.56 bits per heavy atom. The van der Waals surface area contributed by atoms with Crippen molar-refractivity contribution in [3.63, 3.8) is 0 Å². The minimum absolute atomic E-state index is 0.705. The molecular weight excluding hydrogens is 192 g/mol. The van der Waals surface area contributed by atoms with E-state index in [-0.39, 0.29) is 0 Å². The van der Waals surface area contributed by atoms with Gasteiger partial charge in [-0.3, -0.25) is 0 Å². The minimum atomic E-state index is 0.705. The molecule has 0 amide bonds. The van der Waals surface area contributed by atoms with Gasteiger partial charge in [0.05, 0.1) is 0 Å². The highest BCUT2D eigenvalue weighted by Gasteiger charge is 2.01. The van der Waals surface area contributed by atoms with Crippen LogP contribution in [0.1, 0.15) is 71.9 Å². The Balaban J connectivity index is 0. The van der Waals surface area contributed by atoms with Gasteiger partial charge in [-0.1, -0.05) is 72.7 Å². The molecule has 94 valence electrons. The summed E-state index contributed by atoms with van der Waals surface area (Å²) in [6.45, 7) is 14.7. The Hall–Kier alpha value is -0.780. The summed E-state index contributed by atoms with van der Waals surface area (Å²) in [4.78, 5) is 0. The van der Waals surface area contributed by atoms with Gasteiger partial charge in [-0.2, -0.15) is 0 Å². The molecule has 1 atom stereocenters. The highest BCUT2D eigenvalue weighted by atomic mass is 14.1. The largest absolute Gasteiger partial charge is 0.0683 e. The van der Waals surface area contributed by atoms with E-state index in [1.165, 1.54) is 17.5 Å². The Kier molecular flexibility index (Phi) is 13.5. The summed E-state index contributed by atoms with van der Waals surface area (Å²) in [5.74, 6) is 0.705. The first-order valence-corrected chi connectivity index (χ1v) is 6.86. The fraction of sp³-hybridized carbons (Fsp3) is 0.625. The maximum absolute atomic E-state index is 2.33. The second kappa shape index (κ2) is 12.3. The summed E-state index contributed by atoms with van der Waals surface area (Å²) in [6.07, 6.45) is 2.37. The molecule has 1 rings (SSSR count). The molecule has 1 aromatic rings. The molecule has 0 aliphatic heterocycles. The molecule has 1 unspecified atom stereocenters. The van der Waals surface area contributed by atoms with Crippen molar-refractivity contribution in [2.24, 2.45) is 0 Å². The van der Waals surface area contributed by atoms with Gasteiger partial charge in [0.15, 0.2) is 0 Å². The van der Waals surface area contributed by atoms with E-state index in [1.807, 2.05) is 27.7 Å². The third kappa shape index (κ3) is 6.66. The summed E-state index contributed by atoms with van der Waals surface area (Å²) < 4.78 is 0. The summed E-state index contributed by atoms with van der Waals surface area (Å²) >= 11 is 0. The molecular formula is C16H30. The van der Waals surface area contributed by atoms with E-state index in [0.717, 1.165) is 6.42 Å². The molecule has 0 nitrogen and oxygen atoms in total. The number of hydrogen-bond donors (Lipinski definition) is 0. The third-order valence-electron chi connectivity index (χ3n) is 2.54. The Morgan fingerprint density at radius 1 is 1.00 bits per heavy atom. The Labute approximate surface area is 103 Å². The van der Waals surface area contributed by atoms with E-state index >= 15 is 0 Å². The Bertz CT molecular complexity index is 238. The SMILES string of the molecule is CC.CC.CCc1cccc(C(C)CC)c1. The zero-order valence-corrected chi connectivity index (χ0v) is 12.3. The van der Waals surface area contributed by atoms with Crippen molar-refractivity contribution in [3.8, 4) is 0 Å². The van der Waals surface area contributed by atoms with Crippen LogP contribution in [-0.2, 0) is 6.42 Å². The average molecular weight is 222 g/mol. The van der Waals surface area contributed by atoms with E-state index in [2.05, 4.69) is 45.0 Å². The van der Waals surface area contributed by atoms with Crippen molar-refractivity contribution in [2.45, 2.75) is 67.2 Å². The predicted molar refractivity (Wildman–Crippen MR) is 77.2 cm³/mol. The quantitative estimate of drug-likeness (QED) is 0.605. The van der Waals surface area contributed by atoms with Crippen LogP contribution >= 0.6 is 0 Å². The van der Waals surface area contributed by atoms with E-state index < -0.39 is 0 Å². The van der Waals surface area contributed by atoms with Crippen LogP contribution in [0, 0.1) is 0 Å². The van der Waals surface area contributed by atoms with Gasteiger partial charge in [0.2, 0.25) is 0 Å². The van der Waals surface area contributed by atoms with E-state index in [0.29, 0.717) is 5.92 Å². The van der Waals surface area contributed by atoms with Gasteiger partial charge in [0.1, 0.15) is 0 Å². The van der Waals surface area contributed by atoms with Crippen LogP contribution in [0.3, 0.4) is 0 Å². The summed E-state index contributed by atoms with van der Waals surface area (Å²) in [7, 11) is 0. The Morgan fingerprint density at radius 3 is 2.00 bits per heavy atom. The van der Waals surface area contributed by atoms with Gasteiger partial charge in [-0.25, -0.2) is 0 Å². The van der Waals surface area contributed by atoms with Gasteiger partial charge in [0.25, 0.3) is 0 Å². The molecule has 0 bridgehead atoms. The highest BCUT2D eigenvalue weighted by Crippen LogP contribution is 2.19. The molecule has 16 heavy (non-hydrogen) atoms. The molecule has 0 aromatic heterocycles. The lowest BCUT2D eigenvalue weighted by atomic mass is 9.96. The van der Waals surface area contributed by atoms with Gasteiger partial charge in [-0.15, -0.1) is 0 Å². The van der Waals surface area contributed by atoms with Crippen LogP contribution in [0.4, 0.5) is 0 Å². The maximum atomic E-state index is 2.33. The molecule has 0 heteroatoms. The molecule has 0 saturated carbocycles. The van der Waals surface area contributed by atoms with Crippen LogP contribution in [0.15, 0.2) is 24.3 Å². The van der Waals surface area contributed by atoms with Crippen molar-refractivity contribution in [2.75, 3.05) is 0 Å². The summed E-state index contributed by atoms with van der Waals surface area (Å²) in [6, 6.07) is 8.92.